The van der Waals surface area contributed by atoms with Crippen LogP contribution in [0.15, 0.2) is 47.4 Å². The second kappa shape index (κ2) is 6.96. The van der Waals surface area contributed by atoms with E-state index in [2.05, 4.69) is 0 Å². The summed E-state index contributed by atoms with van der Waals surface area (Å²) in [6, 6.07) is 12.6. The molecule has 2 atom stereocenters. The van der Waals surface area contributed by atoms with Gasteiger partial charge in [-0.1, -0.05) is 41.9 Å². The van der Waals surface area contributed by atoms with E-state index in [1.165, 1.54) is 17.5 Å². The average molecular weight is 381 g/mol. The fraction of sp³-hybridized carbons (Fsp3) is 0.333. The Balaban J connectivity index is 1.93. The number of rotatable bonds is 4. The molecule has 0 spiro atoms. The molecule has 0 aromatic heterocycles. The van der Waals surface area contributed by atoms with Crippen LogP contribution in [0.3, 0.4) is 0 Å². The number of benzene rings is 2. The standard InChI is InChI=1S/C18H21ClN2O3S/c1-12-8-17(24-2)15(19)9-18(12)25(22,23)21-10-14(16(20)11-21)13-6-4-3-5-7-13/h3-9,14,16H,10-11,20H2,1-2H3/t14-,16+/m0/s1. The van der Waals surface area contributed by atoms with Gasteiger partial charge in [0.25, 0.3) is 0 Å². The van der Waals surface area contributed by atoms with E-state index in [-0.39, 0.29) is 28.4 Å². The number of hydrogen-bond acceptors (Lipinski definition) is 4. The SMILES string of the molecule is COc1cc(C)c(S(=O)(=O)N2C[C@@H](N)[C@H](c3ccccc3)C2)cc1Cl. The minimum absolute atomic E-state index is 0.0231. The summed E-state index contributed by atoms with van der Waals surface area (Å²) in [6.45, 7) is 2.37. The molecular weight excluding hydrogens is 360 g/mol. The monoisotopic (exact) mass is 380 g/mol. The zero-order chi connectivity index (χ0) is 18.2. The summed E-state index contributed by atoms with van der Waals surface area (Å²) in [6.07, 6.45) is 0. The summed E-state index contributed by atoms with van der Waals surface area (Å²) in [7, 11) is -2.18. The predicted molar refractivity (Wildman–Crippen MR) is 98.7 cm³/mol. The average Bonchev–Trinajstić information content (AvgIpc) is 3.00. The van der Waals surface area contributed by atoms with Gasteiger partial charge in [-0.2, -0.15) is 4.31 Å². The molecule has 1 saturated heterocycles. The molecule has 7 heteroatoms. The third kappa shape index (κ3) is 3.40. The Kier molecular flexibility index (Phi) is 5.06. The number of methoxy groups -OCH3 is 1. The first-order chi connectivity index (χ1) is 11.8. The molecule has 1 heterocycles. The Bertz CT molecular complexity index is 871. The summed E-state index contributed by atoms with van der Waals surface area (Å²) in [5.41, 5.74) is 7.89. The van der Waals surface area contributed by atoms with Gasteiger partial charge in [0.05, 0.1) is 17.0 Å². The van der Waals surface area contributed by atoms with Crippen molar-refractivity contribution >= 4 is 21.6 Å². The first-order valence-corrected chi connectivity index (χ1v) is 9.81. The van der Waals surface area contributed by atoms with E-state index in [4.69, 9.17) is 22.1 Å². The Morgan fingerprint density at radius 1 is 1.20 bits per heavy atom. The van der Waals surface area contributed by atoms with Crippen molar-refractivity contribution in [3.63, 3.8) is 0 Å². The highest BCUT2D eigenvalue weighted by Crippen LogP contribution is 2.35. The molecule has 1 fully saturated rings. The van der Waals surface area contributed by atoms with Crippen molar-refractivity contribution in [2.45, 2.75) is 23.8 Å². The Labute approximate surface area is 153 Å². The van der Waals surface area contributed by atoms with Crippen LogP contribution in [0, 0.1) is 6.92 Å². The van der Waals surface area contributed by atoms with Gasteiger partial charge in [-0.25, -0.2) is 8.42 Å². The molecule has 0 aliphatic carbocycles. The third-order valence-corrected chi connectivity index (χ3v) is 6.90. The molecule has 0 unspecified atom stereocenters. The Morgan fingerprint density at radius 2 is 1.88 bits per heavy atom. The third-order valence-electron chi connectivity index (χ3n) is 4.63. The number of nitrogens with zero attached hydrogens (tertiary/aromatic N) is 1. The first kappa shape index (κ1) is 18.2. The highest BCUT2D eigenvalue weighted by Gasteiger charge is 2.39. The smallest absolute Gasteiger partial charge is 0.243 e. The van der Waals surface area contributed by atoms with Crippen LogP contribution in [0.2, 0.25) is 5.02 Å². The van der Waals surface area contributed by atoms with Gasteiger partial charge in [-0.3, -0.25) is 0 Å². The second-order valence-electron chi connectivity index (χ2n) is 6.26. The number of halogens is 1. The van der Waals surface area contributed by atoms with E-state index in [1.807, 2.05) is 30.3 Å². The molecule has 0 bridgehead atoms. The largest absolute Gasteiger partial charge is 0.495 e. The number of hydrogen-bond donors (Lipinski definition) is 1. The highest BCUT2D eigenvalue weighted by molar-refractivity contribution is 7.89. The maximum absolute atomic E-state index is 13.1. The fourth-order valence-corrected chi connectivity index (χ4v) is 5.29. The lowest BCUT2D eigenvalue weighted by Gasteiger charge is -2.19. The molecule has 1 aliphatic rings. The van der Waals surface area contributed by atoms with Crippen molar-refractivity contribution in [3.8, 4) is 5.75 Å². The predicted octanol–water partition coefficient (Wildman–Crippen LogP) is 2.77. The molecule has 1 aliphatic heterocycles. The van der Waals surface area contributed by atoms with Gasteiger partial charge in [-0.05, 0) is 30.2 Å². The maximum atomic E-state index is 13.1. The van der Waals surface area contributed by atoms with Gasteiger partial charge in [0.15, 0.2) is 0 Å². The molecule has 0 saturated carbocycles. The molecule has 3 rings (SSSR count). The van der Waals surface area contributed by atoms with Crippen molar-refractivity contribution in [3.05, 3.63) is 58.6 Å². The first-order valence-electron chi connectivity index (χ1n) is 7.99. The molecular formula is C18H21ClN2O3S. The van der Waals surface area contributed by atoms with Crippen LogP contribution < -0.4 is 10.5 Å². The second-order valence-corrected chi connectivity index (χ2v) is 8.57. The number of aryl methyl sites for hydroxylation is 1. The molecule has 25 heavy (non-hydrogen) atoms. The van der Waals surface area contributed by atoms with Crippen LogP contribution >= 0.6 is 11.6 Å². The summed E-state index contributed by atoms with van der Waals surface area (Å²) in [5.74, 6) is 0.434. The van der Waals surface area contributed by atoms with Crippen LogP contribution in [0.4, 0.5) is 0 Å². The van der Waals surface area contributed by atoms with Gasteiger partial charge in [0.2, 0.25) is 10.0 Å². The minimum atomic E-state index is -3.68. The van der Waals surface area contributed by atoms with Crippen LogP contribution in [-0.2, 0) is 10.0 Å². The van der Waals surface area contributed by atoms with Crippen LogP contribution in [0.5, 0.6) is 5.75 Å². The summed E-state index contributed by atoms with van der Waals surface area (Å²) in [5, 5.41) is 0.273. The lowest BCUT2D eigenvalue weighted by atomic mass is 9.95. The fourth-order valence-electron chi connectivity index (χ4n) is 3.25. The van der Waals surface area contributed by atoms with E-state index < -0.39 is 10.0 Å². The quantitative estimate of drug-likeness (QED) is 0.885. The van der Waals surface area contributed by atoms with E-state index in [0.29, 0.717) is 17.9 Å². The molecule has 0 amide bonds. The van der Waals surface area contributed by atoms with Crippen LogP contribution in [-0.4, -0.2) is 39.0 Å². The van der Waals surface area contributed by atoms with Crippen molar-refractivity contribution in [1.82, 2.24) is 4.31 Å². The van der Waals surface area contributed by atoms with Gasteiger partial charge in [0, 0.05) is 25.0 Å². The van der Waals surface area contributed by atoms with E-state index >= 15 is 0 Å². The van der Waals surface area contributed by atoms with Crippen LogP contribution in [0.1, 0.15) is 17.0 Å². The van der Waals surface area contributed by atoms with Crippen LogP contribution in [0.25, 0.3) is 0 Å². The molecule has 2 N–H and O–H groups in total. The summed E-state index contributed by atoms with van der Waals surface area (Å²) < 4.78 is 32.8. The number of ether oxygens (including phenoxy) is 1. The number of nitrogens with two attached hydrogens (primary N) is 1. The normalized spacial score (nSPS) is 21.4. The molecule has 0 radical (unpaired) electrons. The zero-order valence-corrected chi connectivity index (χ0v) is 15.7. The van der Waals surface area contributed by atoms with E-state index in [0.717, 1.165) is 5.56 Å². The molecule has 5 nitrogen and oxygen atoms in total. The van der Waals surface area contributed by atoms with Crippen molar-refractivity contribution < 1.29 is 13.2 Å². The lowest BCUT2D eigenvalue weighted by Crippen LogP contribution is -2.32. The molecule has 134 valence electrons. The maximum Gasteiger partial charge on any atom is 0.243 e. The van der Waals surface area contributed by atoms with E-state index in [9.17, 15) is 8.42 Å². The Hall–Kier alpha value is -1.60. The van der Waals surface area contributed by atoms with Crippen molar-refractivity contribution in [2.24, 2.45) is 5.73 Å². The van der Waals surface area contributed by atoms with E-state index in [1.54, 1.807) is 13.0 Å². The van der Waals surface area contributed by atoms with Gasteiger partial charge < -0.3 is 10.5 Å². The Morgan fingerprint density at radius 3 is 2.52 bits per heavy atom. The number of sulfonamides is 1. The minimum Gasteiger partial charge on any atom is -0.495 e. The van der Waals surface area contributed by atoms with Gasteiger partial charge in [-0.15, -0.1) is 0 Å². The lowest BCUT2D eigenvalue weighted by molar-refractivity contribution is 0.414. The zero-order valence-electron chi connectivity index (χ0n) is 14.1. The molecule has 2 aromatic carbocycles. The highest BCUT2D eigenvalue weighted by atomic mass is 35.5. The summed E-state index contributed by atoms with van der Waals surface area (Å²) in [4.78, 5) is 0.194. The van der Waals surface area contributed by atoms with Crippen molar-refractivity contribution in [2.75, 3.05) is 20.2 Å². The van der Waals surface area contributed by atoms with Gasteiger partial charge in [0.1, 0.15) is 5.75 Å². The molecule has 2 aromatic rings. The van der Waals surface area contributed by atoms with Gasteiger partial charge >= 0.3 is 0 Å². The van der Waals surface area contributed by atoms with Crippen molar-refractivity contribution in [1.29, 1.82) is 0 Å². The summed E-state index contributed by atoms with van der Waals surface area (Å²) >= 11 is 6.13. The topological polar surface area (TPSA) is 72.6 Å².